The van der Waals surface area contributed by atoms with Crippen molar-refractivity contribution in [3.8, 4) is 0 Å². The van der Waals surface area contributed by atoms with E-state index in [9.17, 15) is 12.8 Å². The third kappa shape index (κ3) is 2.64. The number of rotatable bonds is 4. The molecule has 0 amide bonds. The highest BCUT2D eigenvalue weighted by Gasteiger charge is 2.35. The van der Waals surface area contributed by atoms with Gasteiger partial charge < -0.3 is 0 Å². The van der Waals surface area contributed by atoms with E-state index >= 15 is 0 Å². The molecule has 3 rings (SSSR count). The third-order valence-corrected chi connectivity index (χ3v) is 6.89. The molecule has 0 aliphatic heterocycles. The first-order chi connectivity index (χ1) is 10.5. The molecule has 2 aromatic carbocycles. The average molecular weight is 335 g/mol. The van der Waals surface area contributed by atoms with Gasteiger partial charge in [-0.1, -0.05) is 49.4 Å². The smallest absolute Gasteiger partial charge is 0.229 e. The van der Waals surface area contributed by atoms with Crippen LogP contribution >= 0.6 is 11.3 Å². The second-order valence-corrected chi connectivity index (χ2v) is 8.26. The normalized spacial score (nSPS) is 14.8. The van der Waals surface area contributed by atoms with E-state index in [0.29, 0.717) is 11.1 Å². The van der Waals surface area contributed by atoms with Crippen molar-refractivity contribution in [2.45, 2.75) is 22.7 Å². The lowest BCUT2D eigenvalue weighted by Gasteiger charge is -2.16. The van der Waals surface area contributed by atoms with Gasteiger partial charge in [0.1, 0.15) is 0 Å². The Morgan fingerprint density at radius 2 is 1.68 bits per heavy atom. The minimum absolute atomic E-state index is 0.163. The standard InChI is InChI=1S/C16H14FNO2S2/c1-11(12-7-3-2-4-8-12)15(17)22(19,20)16-18-13-9-5-6-10-14(13)21-16/h2-11,15H,1H3. The van der Waals surface area contributed by atoms with Crippen molar-refractivity contribution in [1.82, 2.24) is 4.98 Å². The molecule has 1 aromatic heterocycles. The van der Waals surface area contributed by atoms with Crippen molar-refractivity contribution in [3.05, 3.63) is 60.2 Å². The molecule has 3 aromatic rings. The summed E-state index contributed by atoms with van der Waals surface area (Å²) < 4.78 is 40.2. The number of para-hydroxylation sites is 1. The van der Waals surface area contributed by atoms with Crippen LogP contribution in [0.3, 0.4) is 0 Å². The maximum absolute atomic E-state index is 14.7. The molecule has 1 heterocycles. The third-order valence-electron chi connectivity index (χ3n) is 3.53. The van der Waals surface area contributed by atoms with E-state index in [2.05, 4.69) is 4.98 Å². The van der Waals surface area contributed by atoms with Crippen molar-refractivity contribution in [3.63, 3.8) is 0 Å². The van der Waals surface area contributed by atoms with Gasteiger partial charge in [-0.25, -0.2) is 17.8 Å². The number of fused-ring (bicyclic) bond motifs is 1. The molecule has 0 aliphatic rings. The number of hydrogen-bond donors (Lipinski definition) is 0. The van der Waals surface area contributed by atoms with Gasteiger partial charge in [0, 0.05) is 5.92 Å². The van der Waals surface area contributed by atoms with Crippen molar-refractivity contribution in [2.75, 3.05) is 0 Å². The Hall–Kier alpha value is -1.79. The molecule has 22 heavy (non-hydrogen) atoms. The topological polar surface area (TPSA) is 47.0 Å². The van der Waals surface area contributed by atoms with E-state index in [1.165, 1.54) is 0 Å². The van der Waals surface area contributed by atoms with Gasteiger partial charge in [0.2, 0.25) is 19.7 Å². The van der Waals surface area contributed by atoms with Gasteiger partial charge in [-0.15, -0.1) is 11.3 Å². The number of halogens is 1. The fraction of sp³-hybridized carbons (Fsp3) is 0.188. The van der Waals surface area contributed by atoms with Gasteiger partial charge in [-0.2, -0.15) is 0 Å². The Bertz CT molecular complexity index is 858. The fourth-order valence-corrected chi connectivity index (χ4v) is 5.07. The molecule has 0 saturated heterocycles. The Morgan fingerprint density at radius 1 is 1.05 bits per heavy atom. The van der Waals surface area contributed by atoms with Gasteiger partial charge in [0.15, 0.2) is 0 Å². The zero-order chi connectivity index (χ0) is 15.7. The van der Waals surface area contributed by atoms with Crippen LogP contribution in [0.25, 0.3) is 10.2 Å². The van der Waals surface area contributed by atoms with Crippen LogP contribution in [-0.4, -0.2) is 18.9 Å². The second-order valence-electron chi connectivity index (χ2n) is 5.04. The van der Waals surface area contributed by atoms with Gasteiger partial charge in [-0.3, -0.25) is 0 Å². The Kier molecular flexibility index (Phi) is 3.97. The molecule has 2 unspecified atom stereocenters. The van der Waals surface area contributed by atoms with Crippen molar-refractivity contribution in [2.24, 2.45) is 0 Å². The fourth-order valence-electron chi connectivity index (χ4n) is 2.25. The number of sulfone groups is 1. The van der Waals surface area contributed by atoms with E-state index in [4.69, 9.17) is 0 Å². The molecular formula is C16H14FNO2S2. The molecule has 0 bridgehead atoms. The van der Waals surface area contributed by atoms with E-state index in [1.807, 2.05) is 6.07 Å². The Balaban J connectivity index is 1.98. The molecule has 0 fully saturated rings. The molecule has 3 nitrogen and oxygen atoms in total. The Labute approximate surface area is 132 Å². The van der Waals surface area contributed by atoms with Gasteiger partial charge >= 0.3 is 0 Å². The Morgan fingerprint density at radius 3 is 2.36 bits per heavy atom. The summed E-state index contributed by atoms with van der Waals surface area (Å²) in [7, 11) is -4.11. The molecule has 6 heteroatoms. The minimum Gasteiger partial charge on any atom is -0.229 e. The molecule has 0 aliphatic carbocycles. The van der Waals surface area contributed by atoms with Gasteiger partial charge in [0.25, 0.3) is 0 Å². The first-order valence-corrected chi connectivity index (χ1v) is 9.15. The second kappa shape index (κ2) is 5.78. The molecule has 0 spiro atoms. The quantitative estimate of drug-likeness (QED) is 0.719. The highest BCUT2D eigenvalue weighted by molar-refractivity contribution is 7.94. The van der Waals surface area contributed by atoms with Gasteiger partial charge in [0.05, 0.1) is 10.2 Å². The number of benzene rings is 2. The minimum atomic E-state index is -4.11. The summed E-state index contributed by atoms with van der Waals surface area (Å²) in [5, 5.41) is 0. The molecule has 2 atom stereocenters. The lowest BCUT2D eigenvalue weighted by molar-refractivity contribution is 0.376. The highest BCUT2D eigenvalue weighted by Crippen LogP contribution is 2.33. The first kappa shape index (κ1) is 15.1. The lowest BCUT2D eigenvalue weighted by Crippen LogP contribution is -2.22. The number of alkyl halides is 1. The summed E-state index contributed by atoms with van der Waals surface area (Å²) in [6, 6.07) is 15.9. The van der Waals surface area contributed by atoms with E-state index in [-0.39, 0.29) is 4.34 Å². The van der Waals surface area contributed by atoms with Crippen LogP contribution in [0, 0.1) is 0 Å². The van der Waals surface area contributed by atoms with Crippen molar-refractivity contribution >= 4 is 31.4 Å². The number of aromatic nitrogens is 1. The SMILES string of the molecule is CC(c1ccccc1)C(F)S(=O)(=O)c1nc2ccccc2s1. The summed E-state index contributed by atoms with van der Waals surface area (Å²) >= 11 is 1.01. The lowest BCUT2D eigenvalue weighted by atomic mass is 10.0. The van der Waals surface area contributed by atoms with Crippen LogP contribution in [0.2, 0.25) is 0 Å². The number of thiazole rings is 1. The summed E-state index contributed by atoms with van der Waals surface area (Å²) in [5.41, 5.74) is -0.791. The van der Waals surface area contributed by atoms with Crippen LogP contribution in [0.5, 0.6) is 0 Å². The number of hydrogen-bond acceptors (Lipinski definition) is 4. The van der Waals surface area contributed by atoms with Crippen molar-refractivity contribution < 1.29 is 12.8 Å². The average Bonchev–Trinajstić information content (AvgIpc) is 2.99. The van der Waals surface area contributed by atoms with Crippen LogP contribution in [0.1, 0.15) is 18.4 Å². The zero-order valence-corrected chi connectivity index (χ0v) is 13.4. The van der Waals surface area contributed by atoms with E-state index in [0.717, 1.165) is 16.0 Å². The van der Waals surface area contributed by atoms with Gasteiger partial charge in [-0.05, 0) is 17.7 Å². The van der Waals surface area contributed by atoms with Crippen LogP contribution in [-0.2, 0) is 9.84 Å². The maximum atomic E-state index is 14.7. The predicted molar refractivity (Wildman–Crippen MR) is 86.6 cm³/mol. The zero-order valence-electron chi connectivity index (χ0n) is 11.8. The summed E-state index contributed by atoms with van der Waals surface area (Å²) in [4.78, 5) is 4.07. The summed E-state index contributed by atoms with van der Waals surface area (Å²) in [6.45, 7) is 1.57. The molecule has 114 valence electrons. The maximum Gasteiger partial charge on any atom is 0.237 e. The van der Waals surface area contributed by atoms with Crippen molar-refractivity contribution in [1.29, 1.82) is 0 Å². The number of nitrogens with zero attached hydrogens (tertiary/aromatic N) is 1. The highest BCUT2D eigenvalue weighted by atomic mass is 32.2. The van der Waals surface area contributed by atoms with E-state index < -0.39 is 21.3 Å². The predicted octanol–water partition coefficient (Wildman–Crippen LogP) is 4.17. The first-order valence-electron chi connectivity index (χ1n) is 6.78. The molecule has 0 N–H and O–H groups in total. The molecule has 0 saturated carbocycles. The van der Waals surface area contributed by atoms with Crippen LogP contribution in [0.15, 0.2) is 58.9 Å². The van der Waals surface area contributed by atoms with Crippen LogP contribution < -0.4 is 0 Å². The van der Waals surface area contributed by atoms with Crippen LogP contribution in [0.4, 0.5) is 4.39 Å². The molecular weight excluding hydrogens is 321 g/mol. The molecule has 0 radical (unpaired) electrons. The largest absolute Gasteiger partial charge is 0.237 e. The monoisotopic (exact) mass is 335 g/mol. The summed E-state index contributed by atoms with van der Waals surface area (Å²) in [5.74, 6) is -0.752. The van der Waals surface area contributed by atoms with E-state index in [1.54, 1.807) is 55.5 Å². The summed E-state index contributed by atoms with van der Waals surface area (Å²) in [6.07, 6.45) is 0.